The molecule has 0 unspecified atom stereocenters. The molecule has 60 valence electrons. The van der Waals surface area contributed by atoms with E-state index < -0.39 is 8.07 Å². The van der Waals surface area contributed by atoms with Crippen LogP contribution >= 0.6 is 22.6 Å². The normalized spacial score (nSPS) is 9.09. The van der Waals surface area contributed by atoms with Gasteiger partial charge < -0.3 is 4.74 Å². The predicted molar refractivity (Wildman–Crippen MR) is 58.9 cm³/mol. The highest BCUT2D eigenvalue weighted by molar-refractivity contribution is 14.1. The molecule has 0 saturated heterocycles. The third-order valence-corrected chi connectivity index (χ3v) is 3.31. The molecule has 1 nitrogen and oxygen atoms in total. The van der Waals surface area contributed by atoms with Gasteiger partial charge in [-0.05, 0) is 17.0 Å². The van der Waals surface area contributed by atoms with E-state index in [0.29, 0.717) is 6.61 Å². The quantitative estimate of drug-likeness (QED) is 0.404. The standard InChI is InChI=1S/C8H11IOSi/c1-10-6-4-7-11(2,3)8-5-9/h6H2,1-3H3. The number of hydrogen-bond acceptors (Lipinski definition) is 1. The fraction of sp³-hybridized carbons (Fsp3) is 0.500. The maximum atomic E-state index is 4.81. The third-order valence-electron chi connectivity index (χ3n) is 0.977. The summed E-state index contributed by atoms with van der Waals surface area (Å²) in [5, 5.41) is 0. The van der Waals surface area contributed by atoms with E-state index >= 15 is 0 Å². The molecule has 0 bridgehead atoms. The van der Waals surface area contributed by atoms with Crippen LogP contribution in [0.25, 0.3) is 0 Å². The lowest BCUT2D eigenvalue weighted by Gasteiger charge is -2.02. The van der Waals surface area contributed by atoms with E-state index in [0.717, 1.165) is 0 Å². The summed E-state index contributed by atoms with van der Waals surface area (Å²) in [5.41, 5.74) is 6.27. The molecule has 0 atom stereocenters. The Hall–Kier alpha value is 0.0269. The molecule has 0 fully saturated rings. The van der Waals surface area contributed by atoms with Gasteiger partial charge in [-0.3, -0.25) is 0 Å². The van der Waals surface area contributed by atoms with E-state index in [9.17, 15) is 0 Å². The van der Waals surface area contributed by atoms with Crippen LogP contribution in [-0.2, 0) is 4.74 Å². The summed E-state index contributed by atoms with van der Waals surface area (Å²) in [5.74, 6) is 2.94. The first kappa shape index (κ1) is 11.0. The van der Waals surface area contributed by atoms with Crippen LogP contribution in [0.2, 0.25) is 13.1 Å². The molecule has 0 amide bonds. The van der Waals surface area contributed by atoms with E-state index in [1.54, 1.807) is 7.11 Å². The van der Waals surface area contributed by atoms with Crippen molar-refractivity contribution in [3.8, 4) is 20.9 Å². The summed E-state index contributed by atoms with van der Waals surface area (Å²) in [6, 6.07) is 0. The van der Waals surface area contributed by atoms with Crippen molar-refractivity contribution in [2.45, 2.75) is 13.1 Å². The lowest BCUT2D eigenvalue weighted by molar-refractivity contribution is 0.240. The highest BCUT2D eigenvalue weighted by atomic mass is 127. The molecular weight excluding hydrogens is 267 g/mol. The Labute approximate surface area is 83.0 Å². The Balaban J connectivity index is 4.10. The van der Waals surface area contributed by atoms with Gasteiger partial charge in [0.2, 0.25) is 8.07 Å². The molecule has 3 heteroatoms. The van der Waals surface area contributed by atoms with Crippen LogP contribution in [0.5, 0.6) is 0 Å². The van der Waals surface area contributed by atoms with Gasteiger partial charge in [-0.1, -0.05) is 5.92 Å². The minimum absolute atomic E-state index is 0.513. The second-order valence-electron chi connectivity index (χ2n) is 2.58. The van der Waals surface area contributed by atoms with Gasteiger partial charge in [-0.25, -0.2) is 0 Å². The molecule has 0 rings (SSSR count). The predicted octanol–water partition coefficient (Wildman–Crippen LogP) is 1.82. The van der Waals surface area contributed by atoms with Crippen molar-refractivity contribution in [1.29, 1.82) is 0 Å². The number of halogens is 1. The lowest BCUT2D eigenvalue weighted by Crippen LogP contribution is -2.20. The van der Waals surface area contributed by atoms with Gasteiger partial charge in [0.25, 0.3) is 0 Å². The Bertz CT molecular complexity index is 226. The first-order chi connectivity index (χ1) is 5.12. The average molecular weight is 278 g/mol. The van der Waals surface area contributed by atoms with Crippen LogP contribution in [0.3, 0.4) is 0 Å². The monoisotopic (exact) mass is 278 g/mol. The lowest BCUT2D eigenvalue weighted by atomic mass is 10.8. The zero-order valence-electron chi connectivity index (χ0n) is 6.99. The Kier molecular flexibility index (Phi) is 5.66. The van der Waals surface area contributed by atoms with E-state index in [-0.39, 0.29) is 0 Å². The summed E-state index contributed by atoms with van der Waals surface area (Å²) in [4.78, 5) is 0. The fourth-order valence-corrected chi connectivity index (χ4v) is 3.31. The van der Waals surface area contributed by atoms with Crippen molar-refractivity contribution in [2.75, 3.05) is 13.7 Å². The van der Waals surface area contributed by atoms with E-state index in [1.807, 2.05) is 22.6 Å². The third kappa shape index (κ3) is 6.43. The topological polar surface area (TPSA) is 9.23 Å². The van der Waals surface area contributed by atoms with Crippen molar-refractivity contribution in [3.63, 3.8) is 0 Å². The van der Waals surface area contributed by atoms with Crippen molar-refractivity contribution >= 4 is 30.7 Å². The van der Waals surface area contributed by atoms with Gasteiger partial charge >= 0.3 is 0 Å². The average Bonchev–Trinajstić information content (AvgIpc) is 1.87. The molecule has 0 aliphatic carbocycles. The summed E-state index contributed by atoms with van der Waals surface area (Å²) < 4.78 is 7.69. The molecule has 0 aromatic carbocycles. The van der Waals surface area contributed by atoms with Crippen LogP contribution in [0.4, 0.5) is 0 Å². The number of methoxy groups -OCH3 is 1. The Morgan fingerprint density at radius 3 is 2.45 bits per heavy atom. The van der Waals surface area contributed by atoms with Gasteiger partial charge in [0, 0.05) is 29.7 Å². The fourth-order valence-electron chi connectivity index (χ4n) is 0.479. The molecule has 0 aromatic heterocycles. The highest BCUT2D eigenvalue weighted by Crippen LogP contribution is 1.97. The maximum absolute atomic E-state index is 4.81. The van der Waals surface area contributed by atoms with Crippen LogP contribution in [0.1, 0.15) is 0 Å². The van der Waals surface area contributed by atoms with Crippen LogP contribution in [0, 0.1) is 20.9 Å². The minimum Gasteiger partial charge on any atom is -0.372 e. The summed E-state index contributed by atoms with van der Waals surface area (Å²) >= 11 is 2.05. The molecule has 0 aliphatic rings. The molecule has 0 N–H and O–H groups in total. The highest BCUT2D eigenvalue weighted by Gasteiger charge is 2.12. The minimum atomic E-state index is -1.55. The molecule has 0 spiro atoms. The molecular formula is C8H11IOSi. The molecule has 11 heavy (non-hydrogen) atoms. The largest absolute Gasteiger partial charge is 0.372 e. The van der Waals surface area contributed by atoms with Crippen LogP contribution < -0.4 is 0 Å². The van der Waals surface area contributed by atoms with E-state index in [4.69, 9.17) is 4.74 Å². The first-order valence-corrected chi connectivity index (χ1v) is 7.32. The van der Waals surface area contributed by atoms with Gasteiger partial charge in [-0.2, -0.15) is 0 Å². The molecule has 0 aromatic rings. The second kappa shape index (κ2) is 5.65. The van der Waals surface area contributed by atoms with E-state index in [1.165, 1.54) is 0 Å². The molecule has 0 heterocycles. The van der Waals surface area contributed by atoms with Crippen molar-refractivity contribution in [1.82, 2.24) is 0 Å². The smallest absolute Gasteiger partial charge is 0.211 e. The van der Waals surface area contributed by atoms with Crippen LogP contribution in [-0.4, -0.2) is 21.8 Å². The van der Waals surface area contributed by atoms with Crippen molar-refractivity contribution < 1.29 is 4.74 Å². The van der Waals surface area contributed by atoms with Crippen molar-refractivity contribution in [3.05, 3.63) is 0 Å². The van der Waals surface area contributed by atoms with Gasteiger partial charge in [0.15, 0.2) is 0 Å². The number of hydrogen-bond donors (Lipinski definition) is 0. The van der Waals surface area contributed by atoms with Gasteiger partial charge in [-0.15, -0.1) is 11.1 Å². The Morgan fingerprint density at radius 2 is 2.00 bits per heavy atom. The maximum Gasteiger partial charge on any atom is 0.211 e. The zero-order valence-corrected chi connectivity index (χ0v) is 10.2. The summed E-state index contributed by atoms with van der Waals surface area (Å²) in [7, 11) is 0.0958. The summed E-state index contributed by atoms with van der Waals surface area (Å²) in [6.45, 7) is 4.77. The zero-order chi connectivity index (χ0) is 8.74. The molecule has 0 saturated carbocycles. The second-order valence-corrected chi connectivity index (χ2v) is 6.87. The molecule has 0 radical (unpaired) electrons. The first-order valence-electron chi connectivity index (χ1n) is 3.24. The molecule has 0 aliphatic heterocycles. The van der Waals surface area contributed by atoms with Crippen molar-refractivity contribution in [2.24, 2.45) is 0 Å². The number of ether oxygens (including phenoxy) is 1. The van der Waals surface area contributed by atoms with Gasteiger partial charge in [0.1, 0.15) is 6.61 Å². The number of rotatable bonds is 1. The van der Waals surface area contributed by atoms with Crippen LogP contribution in [0.15, 0.2) is 0 Å². The Morgan fingerprint density at radius 1 is 1.36 bits per heavy atom. The SMILES string of the molecule is COCC#C[Si](C)(C)C#CI. The van der Waals surface area contributed by atoms with E-state index in [2.05, 4.69) is 34.0 Å². The van der Waals surface area contributed by atoms with Gasteiger partial charge in [0.05, 0.1) is 0 Å². The summed E-state index contributed by atoms with van der Waals surface area (Å²) in [6.07, 6.45) is 0.